The summed E-state index contributed by atoms with van der Waals surface area (Å²) in [6.07, 6.45) is 6.96. The summed E-state index contributed by atoms with van der Waals surface area (Å²) in [4.78, 5) is 14.4. The Morgan fingerprint density at radius 1 is 1.26 bits per heavy atom. The number of nitrogens with one attached hydrogen (secondary N) is 1. The molecule has 0 bridgehead atoms. The maximum absolute atomic E-state index is 12.4. The first kappa shape index (κ1) is 18.0. The van der Waals surface area contributed by atoms with Crippen molar-refractivity contribution in [2.75, 3.05) is 24.7 Å². The van der Waals surface area contributed by atoms with Crippen LogP contribution < -0.4 is 5.32 Å². The molecule has 1 heterocycles. The Hall–Kier alpha value is -1.36. The molecule has 1 aliphatic heterocycles. The molecule has 1 aromatic carbocycles. The second-order valence-corrected chi connectivity index (χ2v) is 7.90. The highest BCUT2D eigenvalue weighted by atomic mass is 32.2. The van der Waals surface area contributed by atoms with Gasteiger partial charge in [0.15, 0.2) is 0 Å². The predicted octanol–water partition coefficient (Wildman–Crippen LogP) is 3.16. The zero-order chi connectivity index (χ0) is 16.7. The monoisotopic (exact) mass is 336 g/mol. The molecule has 128 valence electrons. The third-order valence-electron chi connectivity index (χ3n) is 4.15. The van der Waals surface area contributed by atoms with Crippen LogP contribution in [0.3, 0.4) is 0 Å². The number of rotatable bonds is 6. The first-order valence-electron chi connectivity index (χ1n) is 8.48. The molecule has 1 fully saturated rings. The third-order valence-corrected chi connectivity index (χ3v) is 4.89. The predicted molar refractivity (Wildman–Crippen MR) is 97.0 cm³/mol. The Kier molecular flexibility index (Phi) is 7.09. The van der Waals surface area contributed by atoms with Crippen LogP contribution in [0.4, 0.5) is 5.69 Å². The Bertz CT molecular complexity index is 540. The molecule has 1 aliphatic rings. The van der Waals surface area contributed by atoms with Gasteiger partial charge >= 0.3 is 0 Å². The molecular formula is C18H28N2O2S. The van der Waals surface area contributed by atoms with Crippen LogP contribution in [0.1, 0.15) is 44.6 Å². The topological polar surface area (TPSA) is 49.4 Å². The van der Waals surface area contributed by atoms with Gasteiger partial charge in [0.1, 0.15) is 0 Å². The lowest BCUT2D eigenvalue weighted by Gasteiger charge is -2.23. The second-order valence-electron chi connectivity index (χ2n) is 6.46. The molecule has 0 aliphatic carbocycles. The number of benzene rings is 1. The molecular weight excluding hydrogens is 308 g/mol. The van der Waals surface area contributed by atoms with Gasteiger partial charge in [0.05, 0.1) is 0 Å². The van der Waals surface area contributed by atoms with E-state index < -0.39 is 10.8 Å². The smallest absolute Gasteiger partial charge is 0.224 e. The third kappa shape index (κ3) is 6.34. The number of anilines is 1. The van der Waals surface area contributed by atoms with Crippen molar-refractivity contribution in [2.24, 2.45) is 0 Å². The number of nitrogens with zero attached hydrogens (tertiary/aromatic N) is 1. The van der Waals surface area contributed by atoms with Gasteiger partial charge in [0.2, 0.25) is 5.91 Å². The van der Waals surface area contributed by atoms with E-state index in [1.54, 1.807) is 6.26 Å². The van der Waals surface area contributed by atoms with Crippen LogP contribution >= 0.6 is 0 Å². The lowest BCUT2D eigenvalue weighted by Crippen LogP contribution is -2.35. The second kappa shape index (κ2) is 9.06. The summed E-state index contributed by atoms with van der Waals surface area (Å²) in [5.74, 6) is 0.814. The van der Waals surface area contributed by atoms with E-state index in [1.165, 1.54) is 12.8 Å². The molecule has 5 heteroatoms. The van der Waals surface area contributed by atoms with Gasteiger partial charge in [-0.15, -0.1) is 0 Å². The van der Waals surface area contributed by atoms with Crippen LogP contribution in [0.2, 0.25) is 0 Å². The maximum atomic E-state index is 12.4. The summed E-state index contributed by atoms with van der Waals surface area (Å²) in [6, 6.07) is 8.06. The highest BCUT2D eigenvalue weighted by molar-refractivity contribution is 7.83. The summed E-state index contributed by atoms with van der Waals surface area (Å²) in [6.45, 7) is 3.85. The summed E-state index contributed by atoms with van der Waals surface area (Å²) in [5.41, 5.74) is 2.05. The van der Waals surface area contributed by atoms with Crippen LogP contribution in [0.25, 0.3) is 0 Å². The number of hydrogen-bond donors (Lipinski definition) is 1. The van der Waals surface area contributed by atoms with E-state index in [0.29, 0.717) is 12.2 Å². The summed E-state index contributed by atoms with van der Waals surface area (Å²) in [7, 11) is -0.840. The molecule has 0 radical (unpaired) electrons. The van der Waals surface area contributed by atoms with Gasteiger partial charge in [0, 0.05) is 54.0 Å². The highest BCUT2D eigenvalue weighted by Crippen LogP contribution is 2.16. The zero-order valence-corrected chi connectivity index (χ0v) is 15.0. The fourth-order valence-corrected chi connectivity index (χ4v) is 3.68. The van der Waals surface area contributed by atoms with Gasteiger partial charge in [0.25, 0.3) is 0 Å². The van der Waals surface area contributed by atoms with E-state index in [4.69, 9.17) is 0 Å². The van der Waals surface area contributed by atoms with Gasteiger partial charge in [-0.1, -0.05) is 25.0 Å². The van der Waals surface area contributed by atoms with Gasteiger partial charge in [-0.2, -0.15) is 0 Å². The average Bonchev–Trinajstić information content (AvgIpc) is 2.75. The van der Waals surface area contributed by atoms with E-state index in [9.17, 15) is 9.00 Å². The number of carbonyl (C=O) groups excluding carboxylic acids is 1. The number of amides is 1. The molecule has 2 rings (SSSR count). The molecule has 0 spiro atoms. The van der Waals surface area contributed by atoms with Crippen LogP contribution in [0.5, 0.6) is 0 Å². The first-order chi connectivity index (χ1) is 11.0. The van der Waals surface area contributed by atoms with Crippen LogP contribution in [-0.2, 0) is 21.3 Å². The molecule has 0 aromatic heterocycles. The van der Waals surface area contributed by atoms with Crippen LogP contribution in [0, 0.1) is 0 Å². The van der Waals surface area contributed by atoms with Crippen LogP contribution in [-0.4, -0.2) is 40.4 Å². The molecule has 1 amide bonds. The zero-order valence-electron chi connectivity index (χ0n) is 14.2. The Labute approximate surface area is 142 Å². The fraction of sp³-hybridized carbons (Fsp3) is 0.611. The molecule has 0 saturated carbocycles. The van der Waals surface area contributed by atoms with Crippen molar-refractivity contribution in [3.63, 3.8) is 0 Å². The standard InChI is InChI=1S/C18H28N2O2S/c1-15(12-18(21)20-10-5-3-4-6-11-20)19-17-9-7-8-16(13-17)14-23(2)22/h7-9,13,15,19H,3-6,10-12,14H2,1-2H3/t15-,23-/m1/s1. The van der Waals surface area contributed by atoms with E-state index in [2.05, 4.69) is 5.32 Å². The molecule has 23 heavy (non-hydrogen) atoms. The minimum atomic E-state index is -0.840. The van der Waals surface area contributed by atoms with E-state index in [0.717, 1.165) is 37.2 Å². The lowest BCUT2D eigenvalue weighted by molar-refractivity contribution is -0.131. The minimum absolute atomic E-state index is 0.0909. The van der Waals surface area contributed by atoms with Crippen molar-refractivity contribution in [3.05, 3.63) is 29.8 Å². The van der Waals surface area contributed by atoms with Gasteiger partial charge in [-0.3, -0.25) is 9.00 Å². The normalized spacial score (nSPS) is 18.1. The summed E-state index contributed by atoms with van der Waals surface area (Å²) < 4.78 is 11.3. The molecule has 0 unspecified atom stereocenters. The van der Waals surface area contributed by atoms with Gasteiger partial charge < -0.3 is 10.2 Å². The summed E-state index contributed by atoms with van der Waals surface area (Å²) >= 11 is 0. The SMILES string of the molecule is C[C@H](CC(=O)N1CCCCCC1)Nc1cccc(C[S@@](C)=O)c1. The highest BCUT2D eigenvalue weighted by Gasteiger charge is 2.17. The lowest BCUT2D eigenvalue weighted by atomic mass is 10.1. The van der Waals surface area contributed by atoms with E-state index in [-0.39, 0.29) is 11.9 Å². The fourth-order valence-electron chi connectivity index (χ4n) is 3.03. The van der Waals surface area contributed by atoms with Crippen LogP contribution in [0.15, 0.2) is 24.3 Å². The average molecular weight is 337 g/mol. The van der Waals surface area contributed by atoms with Crippen molar-refractivity contribution in [1.29, 1.82) is 0 Å². The largest absolute Gasteiger partial charge is 0.382 e. The van der Waals surface area contributed by atoms with Crippen molar-refractivity contribution in [1.82, 2.24) is 4.90 Å². The Morgan fingerprint density at radius 2 is 1.96 bits per heavy atom. The van der Waals surface area contributed by atoms with Gasteiger partial charge in [-0.25, -0.2) is 0 Å². The first-order valence-corrected chi connectivity index (χ1v) is 10.2. The summed E-state index contributed by atoms with van der Waals surface area (Å²) in [5, 5.41) is 3.39. The van der Waals surface area contributed by atoms with Gasteiger partial charge in [-0.05, 0) is 37.5 Å². The number of hydrogen-bond acceptors (Lipinski definition) is 3. The molecule has 4 nitrogen and oxygen atoms in total. The molecule has 1 saturated heterocycles. The Balaban J connectivity index is 1.87. The van der Waals surface area contributed by atoms with E-state index >= 15 is 0 Å². The Morgan fingerprint density at radius 3 is 2.61 bits per heavy atom. The minimum Gasteiger partial charge on any atom is -0.382 e. The molecule has 1 aromatic rings. The number of carbonyl (C=O) groups is 1. The van der Waals surface area contributed by atoms with Crippen molar-refractivity contribution in [3.8, 4) is 0 Å². The maximum Gasteiger partial charge on any atom is 0.224 e. The molecule has 2 atom stereocenters. The van der Waals surface area contributed by atoms with E-state index in [1.807, 2.05) is 36.1 Å². The van der Waals surface area contributed by atoms with Crippen molar-refractivity contribution in [2.45, 2.75) is 50.8 Å². The van der Waals surface area contributed by atoms with Crippen molar-refractivity contribution < 1.29 is 9.00 Å². The molecule has 1 N–H and O–H groups in total. The quantitative estimate of drug-likeness (QED) is 0.868. The van der Waals surface area contributed by atoms with Crippen molar-refractivity contribution >= 4 is 22.4 Å². The number of likely N-dealkylation sites (tertiary alicyclic amines) is 1.